The molecule has 100 valence electrons. The molecule has 1 saturated heterocycles. The number of para-hydroxylation sites is 2. The maximum absolute atomic E-state index is 12.3. The molecule has 3 heteroatoms. The first-order chi connectivity index (χ1) is 9.71. The Labute approximate surface area is 117 Å². The first kappa shape index (κ1) is 11.5. The minimum atomic E-state index is -0.644. The van der Waals surface area contributed by atoms with Gasteiger partial charge in [0.1, 0.15) is 5.75 Å². The molecule has 0 unspecified atom stereocenters. The zero-order valence-corrected chi connectivity index (χ0v) is 11.3. The van der Waals surface area contributed by atoms with Crippen molar-refractivity contribution in [1.82, 2.24) is 0 Å². The van der Waals surface area contributed by atoms with Crippen LogP contribution in [0.15, 0.2) is 48.5 Å². The maximum atomic E-state index is 12.3. The minimum Gasteiger partial charge on any atom is -0.461 e. The summed E-state index contributed by atoms with van der Waals surface area (Å²) in [6.07, 6.45) is 1.23. The first-order valence-electron chi connectivity index (χ1n) is 6.89. The van der Waals surface area contributed by atoms with Crippen LogP contribution in [0.4, 0.5) is 5.69 Å². The standard InChI is InChI=1S/C17H15NO2/c1-12-6-8-13(9-7-12)17-11-10-16(19)18(17)14-4-2-3-5-15(14)20-17/h2-9H,10-11H2,1H3/t17-/m1/s1. The lowest BCUT2D eigenvalue weighted by Crippen LogP contribution is -2.43. The largest absolute Gasteiger partial charge is 0.461 e. The Morgan fingerprint density at radius 3 is 2.65 bits per heavy atom. The molecule has 0 saturated carbocycles. The van der Waals surface area contributed by atoms with E-state index in [1.54, 1.807) is 0 Å². The van der Waals surface area contributed by atoms with Crippen LogP contribution in [-0.4, -0.2) is 5.91 Å². The second-order valence-electron chi connectivity index (χ2n) is 5.45. The highest BCUT2D eigenvalue weighted by molar-refractivity contribution is 6.00. The summed E-state index contributed by atoms with van der Waals surface area (Å²) in [4.78, 5) is 14.1. The number of hydrogen-bond donors (Lipinski definition) is 0. The van der Waals surface area contributed by atoms with Gasteiger partial charge in [-0.2, -0.15) is 0 Å². The second kappa shape index (κ2) is 3.85. The number of rotatable bonds is 1. The fourth-order valence-corrected chi connectivity index (χ4v) is 3.18. The Bertz CT molecular complexity index is 692. The molecule has 1 amide bonds. The van der Waals surface area contributed by atoms with E-state index >= 15 is 0 Å². The molecule has 20 heavy (non-hydrogen) atoms. The van der Waals surface area contributed by atoms with Crippen LogP contribution >= 0.6 is 0 Å². The van der Waals surface area contributed by atoms with E-state index in [0.29, 0.717) is 12.8 Å². The third-order valence-electron chi connectivity index (χ3n) is 4.18. The van der Waals surface area contributed by atoms with Crippen molar-refractivity contribution in [1.29, 1.82) is 0 Å². The summed E-state index contributed by atoms with van der Waals surface area (Å²) >= 11 is 0. The number of benzene rings is 2. The van der Waals surface area contributed by atoms with Gasteiger partial charge >= 0.3 is 0 Å². The zero-order chi connectivity index (χ0) is 13.7. The molecule has 0 N–H and O–H groups in total. The van der Waals surface area contributed by atoms with Crippen LogP contribution in [0.25, 0.3) is 0 Å². The number of nitrogens with zero attached hydrogens (tertiary/aromatic N) is 1. The van der Waals surface area contributed by atoms with Crippen molar-refractivity contribution in [2.45, 2.75) is 25.5 Å². The van der Waals surface area contributed by atoms with Crippen molar-refractivity contribution in [3.63, 3.8) is 0 Å². The molecule has 1 atom stereocenters. The lowest BCUT2D eigenvalue weighted by Gasteiger charge is -2.31. The van der Waals surface area contributed by atoms with E-state index in [2.05, 4.69) is 31.2 Å². The lowest BCUT2D eigenvalue weighted by atomic mass is 9.99. The highest BCUT2D eigenvalue weighted by Crippen LogP contribution is 2.52. The Balaban J connectivity index is 1.90. The minimum absolute atomic E-state index is 0.135. The van der Waals surface area contributed by atoms with Gasteiger partial charge in [0.15, 0.2) is 0 Å². The van der Waals surface area contributed by atoms with Gasteiger partial charge in [0.2, 0.25) is 11.6 Å². The number of fused-ring (bicyclic) bond motifs is 3. The topological polar surface area (TPSA) is 29.5 Å². The summed E-state index contributed by atoms with van der Waals surface area (Å²) in [5.74, 6) is 0.927. The van der Waals surface area contributed by atoms with E-state index in [1.165, 1.54) is 5.56 Å². The average Bonchev–Trinajstić information content (AvgIpc) is 2.96. The van der Waals surface area contributed by atoms with Gasteiger partial charge in [-0.25, -0.2) is 0 Å². The van der Waals surface area contributed by atoms with Crippen molar-refractivity contribution >= 4 is 11.6 Å². The normalized spacial score (nSPS) is 23.4. The van der Waals surface area contributed by atoms with Crippen molar-refractivity contribution < 1.29 is 9.53 Å². The average molecular weight is 265 g/mol. The van der Waals surface area contributed by atoms with E-state index in [4.69, 9.17) is 4.74 Å². The Hall–Kier alpha value is -2.29. The number of aryl methyl sites for hydroxylation is 1. The first-order valence-corrected chi connectivity index (χ1v) is 6.89. The molecule has 2 aromatic rings. The van der Waals surface area contributed by atoms with Crippen LogP contribution in [0.5, 0.6) is 5.75 Å². The molecule has 3 nitrogen and oxygen atoms in total. The summed E-state index contributed by atoms with van der Waals surface area (Å²) in [6.45, 7) is 2.06. The summed E-state index contributed by atoms with van der Waals surface area (Å²) in [5.41, 5.74) is 2.49. The fraction of sp³-hybridized carbons (Fsp3) is 0.235. The smallest absolute Gasteiger partial charge is 0.230 e. The molecular weight excluding hydrogens is 250 g/mol. The second-order valence-corrected chi connectivity index (χ2v) is 5.45. The third-order valence-corrected chi connectivity index (χ3v) is 4.18. The van der Waals surface area contributed by atoms with Crippen LogP contribution in [0.2, 0.25) is 0 Å². The highest BCUT2D eigenvalue weighted by Gasteiger charge is 2.54. The van der Waals surface area contributed by atoms with Crippen molar-refractivity contribution in [2.24, 2.45) is 0 Å². The molecule has 2 heterocycles. The molecule has 2 aromatic carbocycles. The molecule has 0 radical (unpaired) electrons. The van der Waals surface area contributed by atoms with Crippen LogP contribution in [0, 0.1) is 6.92 Å². The van der Waals surface area contributed by atoms with E-state index in [-0.39, 0.29) is 5.91 Å². The predicted molar refractivity (Wildman–Crippen MR) is 76.6 cm³/mol. The Morgan fingerprint density at radius 1 is 1.10 bits per heavy atom. The zero-order valence-electron chi connectivity index (χ0n) is 11.3. The van der Waals surface area contributed by atoms with E-state index in [1.807, 2.05) is 29.2 Å². The molecule has 0 aliphatic carbocycles. The summed E-state index contributed by atoms with van der Waals surface area (Å²) < 4.78 is 6.22. The number of amides is 1. The lowest BCUT2D eigenvalue weighted by molar-refractivity contribution is -0.117. The molecule has 0 aromatic heterocycles. The Kier molecular flexibility index (Phi) is 2.22. The van der Waals surface area contributed by atoms with E-state index < -0.39 is 5.72 Å². The molecule has 0 bridgehead atoms. The maximum Gasteiger partial charge on any atom is 0.230 e. The third kappa shape index (κ3) is 1.38. The monoisotopic (exact) mass is 265 g/mol. The summed E-state index contributed by atoms with van der Waals surface area (Å²) in [7, 11) is 0. The van der Waals surface area contributed by atoms with Crippen LogP contribution in [0.1, 0.15) is 24.0 Å². The Morgan fingerprint density at radius 2 is 1.85 bits per heavy atom. The van der Waals surface area contributed by atoms with Gasteiger partial charge in [-0.05, 0) is 19.1 Å². The van der Waals surface area contributed by atoms with Gasteiger partial charge in [0.25, 0.3) is 0 Å². The highest BCUT2D eigenvalue weighted by atomic mass is 16.5. The van der Waals surface area contributed by atoms with Gasteiger partial charge < -0.3 is 4.74 Å². The quantitative estimate of drug-likeness (QED) is 0.791. The summed E-state index contributed by atoms with van der Waals surface area (Å²) in [5, 5.41) is 0. The molecule has 2 aliphatic heterocycles. The van der Waals surface area contributed by atoms with E-state index in [9.17, 15) is 4.79 Å². The molecule has 0 spiro atoms. The van der Waals surface area contributed by atoms with Crippen LogP contribution < -0.4 is 9.64 Å². The van der Waals surface area contributed by atoms with Crippen molar-refractivity contribution in [2.75, 3.05) is 4.90 Å². The van der Waals surface area contributed by atoms with Crippen LogP contribution in [0.3, 0.4) is 0 Å². The number of anilines is 1. The molecule has 4 rings (SSSR count). The number of carbonyl (C=O) groups is 1. The van der Waals surface area contributed by atoms with Crippen molar-refractivity contribution in [3.8, 4) is 5.75 Å². The predicted octanol–water partition coefficient (Wildman–Crippen LogP) is 3.37. The number of ether oxygens (including phenoxy) is 1. The number of carbonyl (C=O) groups excluding carboxylic acids is 1. The van der Waals surface area contributed by atoms with E-state index in [0.717, 1.165) is 17.0 Å². The van der Waals surface area contributed by atoms with Gasteiger partial charge in [-0.1, -0.05) is 42.0 Å². The van der Waals surface area contributed by atoms with Gasteiger partial charge in [-0.15, -0.1) is 0 Å². The van der Waals surface area contributed by atoms with Gasteiger partial charge in [-0.3, -0.25) is 9.69 Å². The van der Waals surface area contributed by atoms with Crippen LogP contribution in [-0.2, 0) is 10.5 Å². The van der Waals surface area contributed by atoms with Crippen molar-refractivity contribution in [3.05, 3.63) is 59.7 Å². The summed E-state index contributed by atoms with van der Waals surface area (Å²) in [6, 6.07) is 16.0. The van der Waals surface area contributed by atoms with Gasteiger partial charge in [0, 0.05) is 18.4 Å². The fourth-order valence-electron chi connectivity index (χ4n) is 3.18. The molecule has 2 aliphatic rings. The molecule has 1 fully saturated rings. The van der Waals surface area contributed by atoms with Gasteiger partial charge in [0.05, 0.1) is 5.69 Å². The number of hydrogen-bond acceptors (Lipinski definition) is 2. The molecular formula is C17H15NO2. The SMILES string of the molecule is Cc1ccc([C@]23CCC(=O)N2c2ccccc2O3)cc1.